The van der Waals surface area contributed by atoms with Gasteiger partial charge in [-0.2, -0.15) is 0 Å². The van der Waals surface area contributed by atoms with Crippen LogP contribution in [0.5, 0.6) is 0 Å². The third kappa shape index (κ3) is 5.94. The van der Waals surface area contributed by atoms with Crippen LogP contribution in [0.3, 0.4) is 0 Å². The summed E-state index contributed by atoms with van der Waals surface area (Å²) in [5.41, 5.74) is 1.82. The van der Waals surface area contributed by atoms with E-state index in [1.54, 1.807) is 48.7 Å². The van der Waals surface area contributed by atoms with E-state index in [4.69, 9.17) is 9.15 Å². The lowest BCUT2D eigenvalue weighted by Crippen LogP contribution is -2.37. The van der Waals surface area contributed by atoms with Crippen LogP contribution in [0.1, 0.15) is 28.6 Å². The van der Waals surface area contributed by atoms with Gasteiger partial charge in [-0.15, -0.1) is 0 Å². The molecule has 2 N–H and O–H groups in total. The van der Waals surface area contributed by atoms with Crippen LogP contribution in [0.2, 0.25) is 0 Å². The molecule has 3 rings (SSSR count). The molecule has 0 aliphatic rings. The molecule has 1 atom stereocenters. The number of esters is 1. The Bertz CT molecular complexity index is 971. The molecule has 3 aromatic rings. The Morgan fingerprint density at radius 1 is 1.07 bits per heavy atom. The van der Waals surface area contributed by atoms with Gasteiger partial charge in [-0.05, 0) is 55.3 Å². The minimum atomic E-state index is -0.955. The number of benzene rings is 2. The smallest absolute Gasteiger partial charge is 0.341 e. The molecule has 0 unspecified atom stereocenters. The molecule has 0 spiro atoms. The van der Waals surface area contributed by atoms with Gasteiger partial charge in [0.2, 0.25) is 0 Å². The van der Waals surface area contributed by atoms with E-state index in [1.165, 1.54) is 19.1 Å². The predicted octanol–water partition coefficient (Wildman–Crippen LogP) is 3.94. The zero-order chi connectivity index (χ0) is 21.3. The number of ether oxygens (including phenoxy) is 1. The fourth-order valence-corrected chi connectivity index (χ4v) is 2.81. The van der Waals surface area contributed by atoms with Crippen LogP contribution < -0.4 is 10.6 Å². The number of para-hydroxylation sites is 1. The van der Waals surface area contributed by atoms with Crippen molar-refractivity contribution in [3.05, 3.63) is 89.6 Å². The van der Waals surface area contributed by atoms with Crippen molar-refractivity contribution in [2.45, 2.75) is 26.0 Å². The molecule has 0 fully saturated rings. The van der Waals surface area contributed by atoms with Crippen molar-refractivity contribution >= 4 is 17.6 Å². The maximum atomic E-state index is 12.9. The molecule has 2 aromatic carbocycles. The molecule has 0 aliphatic heterocycles. The first-order chi connectivity index (χ1) is 14.5. The summed E-state index contributed by atoms with van der Waals surface area (Å²) < 4.78 is 23.5. The molecule has 1 amide bonds. The summed E-state index contributed by atoms with van der Waals surface area (Å²) in [7, 11) is 0. The number of nitrogens with one attached hydrogen (secondary N) is 2. The number of carbonyl (C=O) groups excluding carboxylic acids is 2. The number of hydrogen-bond acceptors (Lipinski definition) is 5. The standard InChI is InChI=1S/C23H23FN2O4/c1-16(22(27)25-13-12-17-8-10-18(24)11-9-17)30-23(28)20-6-2-3-7-21(20)26-15-19-5-4-14-29-19/h2-11,14,16,26H,12-13,15H2,1H3,(H,25,27)/t16-/m0/s1. The Labute approximate surface area is 174 Å². The third-order valence-corrected chi connectivity index (χ3v) is 4.46. The van der Waals surface area contributed by atoms with E-state index < -0.39 is 18.0 Å². The van der Waals surface area contributed by atoms with Crippen molar-refractivity contribution in [1.29, 1.82) is 0 Å². The third-order valence-electron chi connectivity index (χ3n) is 4.46. The summed E-state index contributed by atoms with van der Waals surface area (Å²) in [6.07, 6.45) is 1.17. The van der Waals surface area contributed by atoms with Crippen molar-refractivity contribution in [3.63, 3.8) is 0 Å². The van der Waals surface area contributed by atoms with Gasteiger partial charge in [0.15, 0.2) is 6.10 Å². The fraction of sp³-hybridized carbons (Fsp3) is 0.217. The molecule has 6 nitrogen and oxygen atoms in total. The van der Waals surface area contributed by atoms with Crippen LogP contribution in [0.25, 0.3) is 0 Å². The van der Waals surface area contributed by atoms with E-state index in [2.05, 4.69) is 10.6 Å². The molecule has 30 heavy (non-hydrogen) atoms. The molecule has 0 saturated heterocycles. The first kappa shape index (κ1) is 21.1. The van der Waals surface area contributed by atoms with E-state index >= 15 is 0 Å². The summed E-state index contributed by atoms with van der Waals surface area (Å²) in [6, 6.07) is 16.6. The van der Waals surface area contributed by atoms with Crippen LogP contribution in [0.15, 0.2) is 71.3 Å². The van der Waals surface area contributed by atoms with E-state index in [9.17, 15) is 14.0 Å². The second kappa shape index (κ2) is 10.2. The minimum Gasteiger partial charge on any atom is -0.467 e. The van der Waals surface area contributed by atoms with Gasteiger partial charge in [0.05, 0.1) is 18.4 Å². The first-order valence-corrected chi connectivity index (χ1v) is 9.61. The largest absolute Gasteiger partial charge is 0.467 e. The summed E-state index contributed by atoms with van der Waals surface area (Å²) in [4.78, 5) is 24.8. The van der Waals surface area contributed by atoms with Crippen LogP contribution in [0.4, 0.5) is 10.1 Å². The number of hydrogen-bond donors (Lipinski definition) is 2. The highest BCUT2D eigenvalue weighted by Gasteiger charge is 2.20. The predicted molar refractivity (Wildman–Crippen MR) is 110 cm³/mol. The van der Waals surface area contributed by atoms with Gasteiger partial charge in [-0.1, -0.05) is 24.3 Å². The number of amides is 1. The van der Waals surface area contributed by atoms with Crippen molar-refractivity contribution in [2.75, 3.05) is 11.9 Å². The Balaban J connectivity index is 1.50. The van der Waals surface area contributed by atoms with Crippen molar-refractivity contribution < 1.29 is 23.1 Å². The van der Waals surface area contributed by atoms with Crippen LogP contribution >= 0.6 is 0 Å². The molecule has 156 valence electrons. The summed E-state index contributed by atoms with van der Waals surface area (Å²) in [5.74, 6) is -0.570. The van der Waals surface area contributed by atoms with E-state index in [1.807, 2.05) is 6.07 Å². The average molecular weight is 410 g/mol. The number of halogens is 1. The molecule has 0 bridgehead atoms. The second-order valence-electron chi connectivity index (χ2n) is 6.69. The van der Waals surface area contributed by atoms with Gasteiger partial charge >= 0.3 is 5.97 Å². The first-order valence-electron chi connectivity index (χ1n) is 9.61. The fourth-order valence-electron chi connectivity index (χ4n) is 2.81. The van der Waals surface area contributed by atoms with Crippen molar-refractivity contribution in [2.24, 2.45) is 0 Å². The molecule has 0 aliphatic carbocycles. The van der Waals surface area contributed by atoms with Crippen LogP contribution in [0, 0.1) is 5.82 Å². The maximum absolute atomic E-state index is 12.9. The van der Waals surface area contributed by atoms with Crippen LogP contribution in [-0.2, 0) is 22.5 Å². The number of carbonyl (C=O) groups is 2. The van der Waals surface area contributed by atoms with E-state index in [0.29, 0.717) is 30.8 Å². The molecule has 7 heteroatoms. The molecule has 1 heterocycles. The average Bonchev–Trinajstić information content (AvgIpc) is 3.27. The monoisotopic (exact) mass is 410 g/mol. The SMILES string of the molecule is C[C@H](OC(=O)c1ccccc1NCc1ccco1)C(=O)NCCc1ccc(F)cc1. The van der Waals surface area contributed by atoms with E-state index in [-0.39, 0.29) is 5.82 Å². The highest BCUT2D eigenvalue weighted by molar-refractivity contribution is 5.97. The molecule has 0 radical (unpaired) electrons. The summed E-state index contributed by atoms with van der Waals surface area (Å²) in [6.45, 7) is 2.29. The highest BCUT2D eigenvalue weighted by Crippen LogP contribution is 2.18. The van der Waals surface area contributed by atoms with Crippen LogP contribution in [-0.4, -0.2) is 24.5 Å². The van der Waals surface area contributed by atoms with Crippen molar-refractivity contribution in [3.8, 4) is 0 Å². The molecule has 0 saturated carbocycles. The quantitative estimate of drug-likeness (QED) is 0.523. The van der Waals surface area contributed by atoms with Gasteiger partial charge < -0.3 is 19.8 Å². The second-order valence-corrected chi connectivity index (χ2v) is 6.69. The van der Waals surface area contributed by atoms with Gasteiger partial charge in [0.1, 0.15) is 11.6 Å². The van der Waals surface area contributed by atoms with Gasteiger partial charge in [-0.25, -0.2) is 9.18 Å². The Morgan fingerprint density at radius 3 is 2.57 bits per heavy atom. The topological polar surface area (TPSA) is 80.6 Å². The van der Waals surface area contributed by atoms with Gasteiger partial charge in [0.25, 0.3) is 5.91 Å². The van der Waals surface area contributed by atoms with Crippen molar-refractivity contribution in [1.82, 2.24) is 5.32 Å². The summed E-state index contributed by atoms with van der Waals surface area (Å²) in [5, 5.41) is 5.86. The number of anilines is 1. The maximum Gasteiger partial charge on any atom is 0.341 e. The summed E-state index contributed by atoms with van der Waals surface area (Å²) >= 11 is 0. The zero-order valence-electron chi connectivity index (χ0n) is 16.6. The lowest BCUT2D eigenvalue weighted by Gasteiger charge is -2.15. The van der Waals surface area contributed by atoms with E-state index in [0.717, 1.165) is 11.3 Å². The minimum absolute atomic E-state index is 0.303. The van der Waals surface area contributed by atoms with Gasteiger partial charge in [-0.3, -0.25) is 4.79 Å². The normalized spacial score (nSPS) is 11.5. The lowest BCUT2D eigenvalue weighted by molar-refractivity contribution is -0.129. The van der Waals surface area contributed by atoms with Gasteiger partial charge in [0, 0.05) is 12.2 Å². The Kier molecular flexibility index (Phi) is 7.21. The number of rotatable bonds is 9. The lowest BCUT2D eigenvalue weighted by atomic mass is 10.1. The Morgan fingerprint density at radius 2 is 1.83 bits per heavy atom. The Hall–Kier alpha value is -3.61. The molecule has 1 aromatic heterocycles. The zero-order valence-corrected chi connectivity index (χ0v) is 16.6. The molecular formula is C23H23FN2O4. The highest BCUT2D eigenvalue weighted by atomic mass is 19.1. The number of furan rings is 1. The molecular weight excluding hydrogens is 387 g/mol.